The van der Waals surface area contributed by atoms with Gasteiger partial charge >= 0.3 is 0 Å². The van der Waals surface area contributed by atoms with Gasteiger partial charge in [0.1, 0.15) is 30.0 Å². The van der Waals surface area contributed by atoms with Crippen molar-refractivity contribution in [1.82, 2.24) is 9.97 Å². The minimum absolute atomic E-state index is 0.125. The first-order chi connectivity index (χ1) is 26.9. The zero-order chi connectivity index (χ0) is 37.6. The quantitative estimate of drug-likeness (QED) is 0.0972. The maximum atomic E-state index is 13.6. The second kappa shape index (κ2) is 12.4. The second-order valence-electron chi connectivity index (χ2n) is 13.4. The van der Waals surface area contributed by atoms with Gasteiger partial charge in [-0.05, 0) is 49.0 Å². The van der Waals surface area contributed by atoms with E-state index >= 15 is 0 Å². The number of hydrogen-bond acceptors (Lipinski definition) is 11. The monoisotopic (exact) mass is 784 g/mol. The van der Waals surface area contributed by atoms with Gasteiger partial charge in [0.25, 0.3) is 11.4 Å². The van der Waals surface area contributed by atoms with E-state index in [9.17, 15) is 20.1 Å². The third-order valence-electron chi connectivity index (χ3n) is 10.5. The van der Waals surface area contributed by atoms with Gasteiger partial charge in [0.2, 0.25) is 0 Å². The van der Waals surface area contributed by atoms with Crippen LogP contribution in [0.5, 0.6) is 5.75 Å². The lowest BCUT2D eigenvalue weighted by Crippen LogP contribution is -2.37. The number of Topliss-reactive ketones (excluding diaryl/α,β-unsaturated/α-hetero) is 2. The number of ketones is 2. The molecule has 0 N–H and O–H groups in total. The molecule has 2 aromatic carbocycles. The van der Waals surface area contributed by atoms with E-state index in [1.165, 1.54) is 34.0 Å². The normalized spacial score (nSPS) is 19.7. The molecule has 0 unspecified atom stereocenters. The van der Waals surface area contributed by atoms with E-state index in [0.717, 1.165) is 72.2 Å². The molecular weight excluding hydrogens is 765 g/mol. The van der Waals surface area contributed by atoms with Gasteiger partial charge in [0.15, 0.2) is 17.3 Å². The number of nitriles is 2. The molecule has 1 fully saturated rings. The number of rotatable bonds is 2. The summed E-state index contributed by atoms with van der Waals surface area (Å²) in [5.74, 6) is 0.318. The molecule has 0 bridgehead atoms. The van der Waals surface area contributed by atoms with Gasteiger partial charge in [-0.3, -0.25) is 9.59 Å². The largest absolute Gasteiger partial charge is 0.479 e. The summed E-state index contributed by atoms with van der Waals surface area (Å²) in [4.78, 5) is 47.8. The van der Waals surface area contributed by atoms with Crippen molar-refractivity contribution >= 4 is 99.3 Å². The number of carbonyl (C=O) groups excluding carboxylic acids is 2. The lowest BCUT2D eigenvalue weighted by molar-refractivity contribution is 0.0282. The first kappa shape index (κ1) is 33.3. The van der Waals surface area contributed by atoms with Gasteiger partial charge in [0, 0.05) is 39.0 Å². The molecule has 9 nitrogen and oxygen atoms in total. The molecule has 1 spiro atoms. The number of allylic oxidation sites excluding steroid dienone is 6. The SMILES string of the molecule is [C-]#[N+]C(C#N)=C1/C(=C/c2nc3sc4c(c3s2)OC2(CCCCC2)c2c-4sc3nc(/C=C4\C(=O)c5ccccc5\C4=C(\C#N)[N+]#[C-])sc23)C(=O)c2ccccc21. The summed E-state index contributed by atoms with van der Waals surface area (Å²) in [5, 5.41) is 20.8. The molecule has 0 radical (unpaired) electrons. The zero-order valence-electron chi connectivity index (χ0n) is 28.4. The highest BCUT2D eigenvalue weighted by Crippen LogP contribution is 2.62. The minimum atomic E-state index is -0.578. The van der Waals surface area contributed by atoms with Crippen LogP contribution in [0.1, 0.15) is 79.5 Å². The van der Waals surface area contributed by atoms with E-state index in [-0.39, 0.29) is 28.5 Å². The lowest BCUT2D eigenvalue weighted by Gasteiger charge is -2.40. The molecule has 4 aliphatic rings. The Morgan fingerprint density at radius 2 is 1.20 bits per heavy atom. The van der Waals surface area contributed by atoms with Crippen LogP contribution in [0.2, 0.25) is 0 Å². The number of nitrogens with zero attached hydrogens (tertiary/aromatic N) is 6. The third kappa shape index (κ3) is 4.75. The topological polar surface area (TPSA) is 125 Å². The molecule has 0 amide bonds. The van der Waals surface area contributed by atoms with Crippen molar-refractivity contribution in [1.29, 1.82) is 10.5 Å². The van der Waals surface area contributed by atoms with Crippen LogP contribution in [0.3, 0.4) is 0 Å². The Kier molecular flexibility index (Phi) is 7.48. The van der Waals surface area contributed by atoms with E-state index in [4.69, 9.17) is 27.8 Å². The number of benzene rings is 2. The highest BCUT2D eigenvalue weighted by molar-refractivity contribution is 7.34. The lowest BCUT2D eigenvalue weighted by atomic mass is 9.78. The van der Waals surface area contributed by atoms with E-state index in [1.54, 1.807) is 72.0 Å². The maximum Gasteiger partial charge on any atom is 0.270 e. The Balaban J connectivity index is 1.10. The van der Waals surface area contributed by atoms with Crippen molar-refractivity contribution in [2.24, 2.45) is 0 Å². The Morgan fingerprint density at radius 3 is 1.73 bits per heavy atom. The molecule has 5 heterocycles. The molecule has 13 heteroatoms. The molecule has 4 aromatic heterocycles. The summed E-state index contributed by atoms with van der Waals surface area (Å²) in [7, 11) is 0. The first-order valence-corrected chi connectivity index (χ1v) is 20.5. The van der Waals surface area contributed by atoms with Crippen LogP contribution < -0.4 is 4.74 Å². The third-order valence-corrected chi connectivity index (χ3v) is 15.1. The van der Waals surface area contributed by atoms with Crippen molar-refractivity contribution < 1.29 is 14.3 Å². The van der Waals surface area contributed by atoms with E-state index < -0.39 is 5.60 Å². The Bertz CT molecular complexity index is 3060. The molecule has 55 heavy (non-hydrogen) atoms. The van der Waals surface area contributed by atoms with Gasteiger partial charge in [-0.25, -0.2) is 30.2 Å². The highest BCUT2D eigenvalue weighted by atomic mass is 32.1. The Hall–Kier alpha value is -6.32. The number of thiophene rings is 2. The summed E-state index contributed by atoms with van der Waals surface area (Å²) in [6.07, 6.45) is 8.20. The summed E-state index contributed by atoms with van der Waals surface area (Å²) in [5.41, 5.74) is 3.66. The summed E-state index contributed by atoms with van der Waals surface area (Å²) in [6, 6.07) is 18.1. The minimum Gasteiger partial charge on any atom is -0.479 e. The van der Waals surface area contributed by atoms with Crippen LogP contribution in [0, 0.1) is 35.8 Å². The van der Waals surface area contributed by atoms with E-state index in [2.05, 4.69) is 9.69 Å². The number of hydrogen-bond donors (Lipinski definition) is 0. The summed E-state index contributed by atoms with van der Waals surface area (Å²) in [6.45, 7) is 15.3. The van der Waals surface area contributed by atoms with Crippen molar-refractivity contribution in [2.45, 2.75) is 37.7 Å². The van der Waals surface area contributed by atoms with Crippen LogP contribution in [-0.4, -0.2) is 21.5 Å². The van der Waals surface area contributed by atoms with Crippen molar-refractivity contribution in [2.75, 3.05) is 0 Å². The zero-order valence-corrected chi connectivity index (χ0v) is 31.6. The van der Waals surface area contributed by atoms with Crippen LogP contribution in [-0.2, 0) is 5.60 Å². The predicted molar refractivity (Wildman–Crippen MR) is 215 cm³/mol. The number of fused-ring (bicyclic) bond motifs is 10. The molecule has 0 saturated heterocycles. The van der Waals surface area contributed by atoms with Crippen molar-refractivity contribution in [3.63, 3.8) is 0 Å². The fourth-order valence-corrected chi connectivity index (χ4v) is 13.1. The van der Waals surface area contributed by atoms with Gasteiger partial charge < -0.3 is 4.74 Å². The molecule has 0 atom stereocenters. The highest BCUT2D eigenvalue weighted by Gasteiger charge is 2.47. The van der Waals surface area contributed by atoms with Gasteiger partial charge in [-0.1, -0.05) is 55.0 Å². The first-order valence-electron chi connectivity index (χ1n) is 17.2. The van der Waals surface area contributed by atoms with Gasteiger partial charge in [-0.2, -0.15) is 0 Å². The summed E-state index contributed by atoms with van der Waals surface area (Å²) >= 11 is 6.07. The van der Waals surface area contributed by atoms with Crippen LogP contribution in [0.15, 0.2) is 71.1 Å². The standard InChI is InChI=1S/C42H20N6O3S4/c1-45-26(18-43)30-20-10-4-6-12-22(20)33(49)24(30)16-28-47-40-37(52-28)32-36(54-40)38-35(51-42(32)14-8-3-9-15-42)39-41(55-38)48-29(53-39)17-25-31(27(19-44)46-2)21-11-5-7-13-23(21)34(25)50/h4-7,10-13,16-17H,3,8-9,14-15H2/b24-16-,25-17-,30-26+,31-27?. The number of thiazole rings is 2. The van der Waals surface area contributed by atoms with Gasteiger partial charge in [0.05, 0.1) is 39.7 Å². The molecule has 6 aromatic rings. The predicted octanol–water partition coefficient (Wildman–Crippen LogP) is 11.1. The van der Waals surface area contributed by atoms with Crippen molar-refractivity contribution in [3.05, 3.63) is 132 Å². The fraction of sp³-hybridized carbons (Fsp3) is 0.143. The van der Waals surface area contributed by atoms with Crippen LogP contribution >= 0.6 is 45.3 Å². The van der Waals surface area contributed by atoms with E-state index in [1.807, 2.05) is 12.1 Å². The molecule has 260 valence electrons. The molecule has 10 rings (SSSR count). The van der Waals surface area contributed by atoms with Crippen LogP contribution in [0.4, 0.5) is 0 Å². The average Bonchev–Trinajstić information content (AvgIpc) is 4.04. The maximum absolute atomic E-state index is 13.6. The number of ether oxygens (including phenoxy) is 1. The van der Waals surface area contributed by atoms with E-state index in [0.29, 0.717) is 49.0 Å². The Morgan fingerprint density at radius 1 is 0.709 bits per heavy atom. The number of aromatic nitrogens is 2. The smallest absolute Gasteiger partial charge is 0.270 e. The Labute approximate surface area is 329 Å². The molecule has 1 aliphatic heterocycles. The summed E-state index contributed by atoms with van der Waals surface area (Å²) < 4.78 is 9.08. The molecule has 3 aliphatic carbocycles. The van der Waals surface area contributed by atoms with Crippen LogP contribution in [0.25, 0.3) is 61.8 Å². The van der Waals surface area contributed by atoms with Crippen molar-refractivity contribution in [3.8, 4) is 27.6 Å². The number of carbonyl (C=O) groups is 2. The molecular formula is C42H20N6O3S4. The molecule has 1 saturated carbocycles. The second-order valence-corrected chi connectivity index (χ2v) is 17.4. The van der Waals surface area contributed by atoms with Gasteiger partial charge in [-0.15, -0.1) is 45.3 Å². The average molecular weight is 785 g/mol. The fourth-order valence-electron chi connectivity index (χ4n) is 8.15.